The summed E-state index contributed by atoms with van der Waals surface area (Å²) >= 11 is 1.90. The SMILES string of the molecule is CC(=O)N1CCc2nc3sc4c(c3c(-c3ccccc3)c2C1)CCCC4. The van der Waals surface area contributed by atoms with Gasteiger partial charge in [0.1, 0.15) is 4.83 Å². The van der Waals surface area contributed by atoms with Crippen LogP contribution in [0.15, 0.2) is 30.3 Å². The highest BCUT2D eigenvalue weighted by Gasteiger charge is 2.28. The molecule has 0 saturated heterocycles. The number of hydrogen-bond acceptors (Lipinski definition) is 3. The van der Waals surface area contributed by atoms with Gasteiger partial charge in [0.25, 0.3) is 0 Å². The second-order valence-corrected chi connectivity index (χ2v) is 8.44. The molecule has 2 aliphatic rings. The first-order valence-electron chi connectivity index (χ1n) is 9.49. The van der Waals surface area contributed by atoms with Crippen molar-refractivity contribution in [3.63, 3.8) is 0 Å². The Morgan fingerprint density at radius 1 is 1.08 bits per heavy atom. The molecule has 3 aromatic rings. The zero-order chi connectivity index (χ0) is 17.7. The number of aryl methyl sites for hydroxylation is 2. The molecule has 4 heteroatoms. The highest BCUT2D eigenvalue weighted by Crippen LogP contribution is 2.44. The number of aromatic nitrogens is 1. The predicted octanol–water partition coefficient (Wildman–Crippen LogP) is 4.75. The van der Waals surface area contributed by atoms with Gasteiger partial charge in [-0.25, -0.2) is 4.98 Å². The summed E-state index contributed by atoms with van der Waals surface area (Å²) in [4.78, 5) is 21.8. The van der Waals surface area contributed by atoms with E-state index in [4.69, 9.17) is 4.98 Å². The molecule has 3 nitrogen and oxygen atoms in total. The Bertz CT molecular complexity index is 1010. The molecular formula is C22H22N2OS. The Morgan fingerprint density at radius 3 is 2.69 bits per heavy atom. The third-order valence-corrected chi connectivity index (χ3v) is 6.95. The zero-order valence-corrected chi connectivity index (χ0v) is 15.9. The van der Waals surface area contributed by atoms with Crippen LogP contribution in [-0.4, -0.2) is 22.3 Å². The summed E-state index contributed by atoms with van der Waals surface area (Å²) in [6, 6.07) is 10.7. The van der Waals surface area contributed by atoms with E-state index in [1.807, 2.05) is 16.2 Å². The number of thiophene rings is 1. The largest absolute Gasteiger partial charge is 0.338 e. The van der Waals surface area contributed by atoms with E-state index >= 15 is 0 Å². The topological polar surface area (TPSA) is 33.2 Å². The molecule has 1 aromatic carbocycles. The summed E-state index contributed by atoms with van der Waals surface area (Å²) < 4.78 is 0. The van der Waals surface area contributed by atoms with Gasteiger partial charge in [0.2, 0.25) is 5.91 Å². The van der Waals surface area contributed by atoms with Gasteiger partial charge in [0.05, 0.1) is 0 Å². The number of carbonyl (C=O) groups excluding carboxylic acids is 1. The number of nitrogens with zero attached hydrogens (tertiary/aromatic N) is 2. The molecule has 0 N–H and O–H groups in total. The predicted molar refractivity (Wildman–Crippen MR) is 106 cm³/mol. The van der Waals surface area contributed by atoms with E-state index in [2.05, 4.69) is 30.3 Å². The number of fused-ring (bicyclic) bond motifs is 4. The number of rotatable bonds is 1. The molecule has 0 saturated carbocycles. The maximum absolute atomic E-state index is 12.0. The average Bonchev–Trinajstić information content (AvgIpc) is 3.04. The molecule has 0 atom stereocenters. The lowest BCUT2D eigenvalue weighted by molar-refractivity contribution is -0.129. The van der Waals surface area contributed by atoms with Crippen molar-refractivity contribution in [1.29, 1.82) is 0 Å². The fourth-order valence-electron chi connectivity index (χ4n) is 4.45. The molecule has 1 amide bonds. The van der Waals surface area contributed by atoms with E-state index in [9.17, 15) is 4.79 Å². The summed E-state index contributed by atoms with van der Waals surface area (Å²) in [6.07, 6.45) is 5.76. The molecule has 3 heterocycles. The number of pyridine rings is 1. The first-order chi connectivity index (χ1) is 12.7. The number of carbonyl (C=O) groups is 1. The Hall–Kier alpha value is -2.20. The van der Waals surface area contributed by atoms with Gasteiger partial charge >= 0.3 is 0 Å². The van der Waals surface area contributed by atoms with Crippen molar-refractivity contribution in [3.05, 3.63) is 52.0 Å². The minimum atomic E-state index is 0.155. The van der Waals surface area contributed by atoms with Crippen molar-refractivity contribution in [2.45, 2.75) is 45.6 Å². The maximum Gasteiger partial charge on any atom is 0.219 e. The van der Waals surface area contributed by atoms with Crippen LogP contribution in [0, 0.1) is 0 Å². The summed E-state index contributed by atoms with van der Waals surface area (Å²) in [5.41, 5.74) is 6.55. The summed E-state index contributed by atoms with van der Waals surface area (Å²) in [5, 5.41) is 1.36. The van der Waals surface area contributed by atoms with E-state index in [1.165, 1.54) is 62.3 Å². The second kappa shape index (κ2) is 6.20. The summed E-state index contributed by atoms with van der Waals surface area (Å²) in [6.45, 7) is 3.13. The van der Waals surface area contributed by atoms with Crippen LogP contribution >= 0.6 is 11.3 Å². The Morgan fingerprint density at radius 2 is 1.88 bits per heavy atom. The average molecular weight is 362 g/mol. The Labute approximate surface area is 157 Å². The van der Waals surface area contributed by atoms with E-state index in [-0.39, 0.29) is 5.91 Å². The van der Waals surface area contributed by atoms with Crippen LogP contribution in [0.25, 0.3) is 21.3 Å². The first kappa shape index (κ1) is 16.0. The van der Waals surface area contributed by atoms with Gasteiger partial charge in [-0.05, 0) is 42.4 Å². The van der Waals surface area contributed by atoms with E-state index in [0.29, 0.717) is 6.54 Å². The third kappa shape index (κ3) is 2.47. The molecule has 1 aliphatic heterocycles. The van der Waals surface area contributed by atoms with Gasteiger partial charge in [-0.2, -0.15) is 0 Å². The molecule has 0 fully saturated rings. The molecule has 0 bridgehead atoms. The molecule has 26 heavy (non-hydrogen) atoms. The normalized spacial score (nSPS) is 16.4. The molecule has 0 unspecified atom stereocenters. The van der Waals surface area contributed by atoms with Gasteiger partial charge in [-0.15, -0.1) is 11.3 Å². The quantitative estimate of drug-likeness (QED) is 0.626. The molecule has 2 aromatic heterocycles. The van der Waals surface area contributed by atoms with Gasteiger partial charge < -0.3 is 4.90 Å². The van der Waals surface area contributed by atoms with Crippen LogP contribution in [0.5, 0.6) is 0 Å². The van der Waals surface area contributed by atoms with Gasteiger partial charge in [-0.1, -0.05) is 30.3 Å². The van der Waals surface area contributed by atoms with E-state index in [0.717, 1.165) is 19.4 Å². The Balaban J connectivity index is 1.83. The maximum atomic E-state index is 12.0. The lowest BCUT2D eigenvalue weighted by atomic mass is 9.88. The fraction of sp³-hybridized carbons (Fsp3) is 0.364. The van der Waals surface area contributed by atoms with E-state index < -0.39 is 0 Å². The standard InChI is InChI=1S/C22H22N2OS/c1-14(25)24-12-11-18-17(13-24)20(15-7-3-2-4-8-15)21-16-9-5-6-10-19(16)26-22(21)23-18/h2-4,7-8H,5-6,9-13H2,1H3. The molecule has 5 rings (SSSR count). The zero-order valence-electron chi connectivity index (χ0n) is 15.0. The molecule has 132 valence electrons. The molecule has 0 radical (unpaired) electrons. The number of amides is 1. The molecule has 1 aliphatic carbocycles. The molecular weight excluding hydrogens is 340 g/mol. The monoisotopic (exact) mass is 362 g/mol. The van der Waals surface area contributed by atoms with E-state index in [1.54, 1.807) is 6.92 Å². The highest BCUT2D eigenvalue weighted by molar-refractivity contribution is 7.19. The number of benzene rings is 1. The first-order valence-corrected chi connectivity index (χ1v) is 10.3. The van der Waals surface area contributed by atoms with Crippen LogP contribution < -0.4 is 0 Å². The van der Waals surface area contributed by atoms with Crippen molar-refractivity contribution in [2.75, 3.05) is 6.54 Å². The van der Waals surface area contributed by atoms with Crippen LogP contribution in [0.3, 0.4) is 0 Å². The van der Waals surface area contributed by atoms with Crippen molar-refractivity contribution < 1.29 is 4.79 Å². The molecule has 0 spiro atoms. The van der Waals surface area contributed by atoms with Gasteiger partial charge in [0, 0.05) is 48.0 Å². The summed E-state index contributed by atoms with van der Waals surface area (Å²) in [7, 11) is 0. The second-order valence-electron chi connectivity index (χ2n) is 7.36. The minimum Gasteiger partial charge on any atom is -0.338 e. The lowest BCUT2D eigenvalue weighted by Crippen LogP contribution is -2.35. The van der Waals surface area contributed by atoms with Crippen LogP contribution in [-0.2, 0) is 30.6 Å². The van der Waals surface area contributed by atoms with Crippen molar-refractivity contribution in [3.8, 4) is 11.1 Å². The lowest BCUT2D eigenvalue weighted by Gasteiger charge is -2.29. The third-order valence-electron chi connectivity index (χ3n) is 5.76. The highest BCUT2D eigenvalue weighted by atomic mass is 32.1. The van der Waals surface area contributed by atoms with Gasteiger partial charge in [0.15, 0.2) is 0 Å². The van der Waals surface area contributed by atoms with Crippen LogP contribution in [0.2, 0.25) is 0 Å². The summed E-state index contributed by atoms with van der Waals surface area (Å²) in [5.74, 6) is 0.155. The van der Waals surface area contributed by atoms with Crippen molar-refractivity contribution in [1.82, 2.24) is 9.88 Å². The number of hydrogen-bond donors (Lipinski definition) is 0. The fourth-order valence-corrected chi connectivity index (χ4v) is 5.74. The minimum absolute atomic E-state index is 0.155. The van der Waals surface area contributed by atoms with Gasteiger partial charge in [-0.3, -0.25) is 4.79 Å². The van der Waals surface area contributed by atoms with Crippen molar-refractivity contribution >= 4 is 27.5 Å². The smallest absolute Gasteiger partial charge is 0.219 e. The Kier molecular flexibility index (Phi) is 3.82. The van der Waals surface area contributed by atoms with Crippen LogP contribution in [0.4, 0.5) is 0 Å². The van der Waals surface area contributed by atoms with Crippen molar-refractivity contribution in [2.24, 2.45) is 0 Å². The van der Waals surface area contributed by atoms with Crippen LogP contribution in [0.1, 0.15) is 41.5 Å².